The largest absolute Gasteiger partial charge is 0.477 e. The van der Waals surface area contributed by atoms with Crippen LogP contribution < -0.4 is 20.8 Å². The van der Waals surface area contributed by atoms with Gasteiger partial charge in [0.15, 0.2) is 11.6 Å². The van der Waals surface area contributed by atoms with Crippen LogP contribution in [0.4, 0.5) is 18.9 Å². The fraction of sp³-hybridized carbons (Fsp3) is 0.429. The number of aromatic nitrogens is 1. The van der Waals surface area contributed by atoms with E-state index in [0.717, 1.165) is 17.8 Å². The molecular weight excluding hydrogens is 415 g/mol. The van der Waals surface area contributed by atoms with Gasteiger partial charge in [-0.15, -0.1) is 0 Å². The van der Waals surface area contributed by atoms with Crippen LogP contribution in [0.3, 0.4) is 0 Å². The number of benzene rings is 1. The second-order valence-electron chi connectivity index (χ2n) is 7.71. The average Bonchev–Trinajstić information content (AvgIpc) is 3.54. The summed E-state index contributed by atoms with van der Waals surface area (Å²) < 4.78 is 48.2. The lowest BCUT2D eigenvalue weighted by molar-refractivity contribution is -0.0488. The number of hydrogen-bond donors (Lipinski definition) is 2. The van der Waals surface area contributed by atoms with Crippen LogP contribution in [0, 0.1) is 5.82 Å². The van der Waals surface area contributed by atoms with E-state index in [1.54, 1.807) is 4.90 Å². The van der Waals surface area contributed by atoms with E-state index in [2.05, 4.69) is 0 Å². The van der Waals surface area contributed by atoms with Crippen molar-refractivity contribution in [3.05, 3.63) is 45.5 Å². The minimum atomic E-state index is -3.25. The molecule has 1 aliphatic carbocycles. The molecule has 0 atom stereocenters. The molecule has 0 amide bonds. The topological polar surface area (TPSA) is 97.8 Å². The van der Waals surface area contributed by atoms with Crippen molar-refractivity contribution in [3.8, 4) is 5.75 Å². The van der Waals surface area contributed by atoms with Crippen molar-refractivity contribution in [1.82, 2.24) is 4.57 Å². The summed E-state index contributed by atoms with van der Waals surface area (Å²) in [6.45, 7) is -2.12. The Morgan fingerprint density at radius 1 is 1.32 bits per heavy atom. The molecule has 1 aliphatic heterocycles. The molecule has 10 heteroatoms. The lowest BCUT2D eigenvalue weighted by atomic mass is 10.0. The number of halogens is 3. The molecule has 1 saturated heterocycles. The quantitative estimate of drug-likeness (QED) is 0.674. The molecule has 7 nitrogen and oxygen atoms in total. The van der Waals surface area contributed by atoms with Crippen molar-refractivity contribution >= 4 is 22.6 Å². The Kier molecular flexibility index (Phi) is 5.65. The van der Waals surface area contributed by atoms with Crippen LogP contribution in [0.1, 0.15) is 42.1 Å². The maximum atomic E-state index is 15.2. The molecule has 2 aromatic rings. The number of hydrogen-bond acceptors (Lipinski definition) is 5. The third-order valence-electron chi connectivity index (χ3n) is 5.70. The number of nitrogens with zero attached hydrogens (tertiary/aromatic N) is 2. The zero-order valence-electron chi connectivity index (χ0n) is 16.6. The number of carboxylic acids is 1. The van der Waals surface area contributed by atoms with Gasteiger partial charge in [-0.3, -0.25) is 4.79 Å². The number of alkyl halides is 2. The molecule has 0 spiro atoms. The van der Waals surface area contributed by atoms with Gasteiger partial charge in [0.1, 0.15) is 11.3 Å². The number of nitrogens with two attached hydrogens (primary N) is 1. The Bertz CT molecular complexity index is 1120. The summed E-state index contributed by atoms with van der Waals surface area (Å²) in [5.41, 5.74) is 5.03. The summed E-state index contributed by atoms with van der Waals surface area (Å²) in [7, 11) is 0. The van der Waals surface area contributed by atoms with Crippen molar-refractivity contribution in [1.29, 1.82) is 0 Å². The molecule has 1 aromatic heterocycles. The monoisotopic (exact) mass is 437 g/mol. The van der Waals surface area contributed by atoms with Crippen molar-refractivity contribution < 1.29 is 27.8 Å². The molecule has 31 heavy (non-hydrogen) atoms. The van der Waals surface area contributed by atoms with E-state index < -0.39 is 35.1 Å². The SMILES string of the molecule is NCC=C1CCN(c2c(F)cc3c(=O)c(C(=O)O)cn(C4CC4)c3c2OC(F)F)CC1. The summed E-state index contributed by atoms with van der Waals surface area (Å²) in [6, 6.07) is 0.766. The first-order valence-electron chi connectivity index (χ1n) is 10.0. The van der Waals surface area contributed by atoms with Gasteiger partial charge in [-0.2, -0.15) is 8.78 Å². The van der Waals surface area contributed by atoms with Gasteiger partial charge in [0.25, 0.3) is 0 Å². The molecule has 166 valence electrons. The van der Waals surface area contributed by atoms with E-state index in [1.165, 1.54) is 4.57 Å². The maximum Gasteiger partial charge on any atom is 0.387 e. The fourth-order valence-corrected chi connectivity index (χ4v) is 4.12. The van der Waals surface area contributed by atoms with E-state index >= 15 is 4.39 Å². The summed E-state index contributed by atoms with van der Waals surface area (Å²) in [4.78, 5) is 25.9. The fourth-order valence-electron chi connectivity index (χ4n) is 4.12. The van der Waals surface area contributed by atoms with Crippen molar-refractivity contribution in [3.63, 3.8) is 0 Å². The van der Waals surface area contributed by atoms with E-state index in [9.17, 15) is 23.5 Å². The van der Waals surface area contributed by atoms with Crippen LogP contribution in [0.2, 0.25) is 0 Å². The van der Waals surface area contributed by atoms with E-state index in [1.807, 2.05) is 6.08 Å². The zero-order chi connectivity index (χ0) is 22.3. The third kappa shape index (κ3) is 3.99. The number of carbonyl (C=O) groups is 1. The van der Waals surface area contributed by atoms with Crippen molar-refractivity contribution in [2.24, 2.45) is 5.73 Å². The molecule has 4 rings (SSSR count). The van der Waals surface area contributed by atoms with Crippen LogP contribution in [-0.2, 0) is 0 Å². The van der Waals surface area contributed by atoms with Crippen LogP contribution >= 0.6 is 0 Å². The van der Waals surface area contributed by atoms with E-state index in [4.69, 9.17) is 10.5 Å². The highest BCUT2D eigenvalue weighted by Gasteiger charge is 2.32. The van der Waals surface area contributed by atoms with E-state index in [-0.39, 0.29) is 22.6 Å². The first-order chi connectivity index (χ1) is 14.8. The highest BCUT2D eigenvalue weighted by molar-refractivity contribution is 5.97. The minimum Gasteiger partial charge on any atom is -0.477 e. The first kappa shape index (κ1) is 21.2. The normalized spacial score (nSPS) is 16.8. The number of rotatable bonds is 6. The van der Waals surface area contributed by atoms with Gasteiger partial charge in [0.2, 0.25) is 5.43 Å². The molecule has 0 radical (unpaired) electrons. The average molecular weight is 437 g/mol. The predicted octanol–water partition coefficient (Wildman–Crippen LogP) is 3.26. The molecule has 2 heterocycles. The number of anilines is 1. The van der Waals surface area contributed by atoms with Crippen LogP contribution in [0.15, 0.2) is 28.7 Å². The highest BCUT2D eigenvalue weighted by Crippen LogP contribution is 2.44. The maximum absolute atomic E-state index is 15.2. The Balaban J connectivity index is 1.95. The molecule has 1 saturated carbocycles. The molecule has 1 aromatic carbocycles. The number of aromatic carboxylic acids is 1. The van der Waals surface area contributed by atoms with Gasteiger partial charge >= 0.3 is 12.6 Å². The van der Waals surface area contributed by atoms with E-state index in [0.29, 0.717) is 45.3 Å². The summed E-state index contributed by atoms with van der Waals surface area (Å²) >= 11 is 0. The van der Waals surface area contributed by atoms with Gasteiger partial charge < -0.3 is 25.0 Å². The summed E-state index contributed by atoms with van der Waals surface area (Å²) in [5.74, 6) is -2.80. The van der Waals surface area contributed by atoms with Crippen LogP contribution in [0.5, 0.6) is 5.75 Å². The number of carboxylic acid groups (broad SMARTS) is 1. The Morgan fingerprint density at radius 3 is 2.55 bits per heavy atom. The Labute approximate surface area is 175 Å². The van der Waals surface area contributed by atoms with Crippen molar-refractivity contribution in [2.75, 3.05) is 24.5 Å². The molecule has 2 aliphatic rings. The predicted molar refractivity (Wildman–Crippen MR) is 109 cm³/mol. The Morgan fingerprint density at radius 2 is 2.00 bits per heavy atom. The number of pyridine rings is 1. The molecule has 2 fully saturated rings. The summed E-state index contributed by atoms with van der Waals surface area (Å²) in [5, 5.41) is 9.09. The van der Waals surface area contributed by atoms with Gasteiger partial charge in [-0.05, 0) is 31.7 Å². The minimum absolute atomic E-state index is 0.00232. The zero-order valence-corrected chi connectivity index (χ0v) is 16.6. The van der Waals surface area contributed by atoms with Crippen LogP contribution in [-0.4, -0.2) is 41.9 Å². The number of fused-ring (bicyclic) bond motifs is 1. The Hall–Kier alpha value is -3.01. The van der Waals surface area contributed by atoms with Gasteiger partial charge in [0, 0.05) is 31.9 Å². The molecule has 3 N–H and O–H groups in total. The lowest BCUT2D eigenvalue weighted by Crippen LogP contribution is -2.32. The van der Waals surface area contributed by atoms with Crippen LogP contribution in [0.25, 0.3) is 10.9 Å². The first-order valence-corrected chi connectivity index (χ1v) is 10.0. The molecular formula is C21H22F3N3O4. The van der Waals surface area contributed by atoms with Crippen molar-refractivity contribution in [2.45, 2.75) is 38.3 Å². The van der Waals surface area contributed by atoms with Gasteiger partial charge in [-0.25, -0.2) is 9.18 Å². The lowest BCUT2D eigenvalue weighted by Gasteiger charge is -2.32. The smallest absolute Gasteiger partial charge is 0.387 e. The highest BCUT2D eigenvalue weighted by atomic mass is 19.3. The summed E-state index contributed by atoms with van der Waals surface area (Å²) in [6.07, 6.45) is 5.60. The third-order valence-corrected chi connectivity index (χ3v) is 5.70. The molecule has 0 unspecified atom stereocenters. The molecule has 0 bridgehead atoms. The number of piperidine rings is 1. The standard InChI is InChI=1S/C21H22F3N3O4/c22-15-9-13-16(27(12-1-2-12)10-14(18(13)28)20(29)30)19(31-21(23)24)17(15)26-7-4-11(3-6-25)5-8-26/h3,9-10,12,21H,1-2,4-8,25H2,(H,29,30). The van der Waals surface area contributed by atoms with Gasteiger partial charge in [-0.1, -0.05) is 11.6 Å². The second-order valence-corrected chi connectivity index (χ2v) is 7.71. The second kappa shape index (κ2) is 8.26. The van der Waals surface area contributed by atoms with Gasteiger partial charge in [0.05, 0.1) is 10.9 Å². The number of ether oxygens (including phenoxy) is 1.